The Morgan fingerprint density at radius 1 is 0.672 bits per heavy atom. The van der Waals surface area contributed by atoms with Crippen molar-refractivity contribution in [1.82, 2.24) is 30.4 Å². The lowest BCUT2D eigenvalue weighted by atomic mass is 10.1. The van der Waals surface area contributed by atoms with Crippen LogP contribution in [0.1, 0.15) is 50.8 Å². The minimum absolute atomic E-state index is 0.224. The maximum Gasteiger partial charge on any atom is 0.323 e. The fraction of sp³-hybridized carbons (Fsp3) is 0.400. The molecule has 0 radical (unpaired) electrons. The van der Waals surface area contributed by atoms with Crippen LogP contribution in [0.5, 0.6) is 0 Å². The fourth-order valence-corrected chi connectivity index (χ4v) is 6.47. The molecule has 1 unspecified atom stereocenters. The molecule has 0 spiro atoms. The van der Waals surface area contributed by atoms with Crippen LogP contribution >= 0.6 is 0 Å². The zero-order valence-electron chi connectivity index (χ0n) is 32.3. The summed E-state index contributed by atoms with van der Waals surface area (Å²) >= 11 is 0. The van der Waals surface area contributed by atoms with E-state index >= 15 is 0 Å². The number of amides is 4. The van der Waals surface area contributed by atoms with Gasteiger partial charge in [0, 0.05) is 67.3 Å². The van der Waals surface area contributed by atoms with E-state index in [-0.39, 0.29) is 39.9 Å². The molecule has 0 saturated carbocycles. The quantitative estimate of drug-likeness (QED) is 0.0520. The molecule has 1 atom stereocenters. The number of imidazole rings is 1. The number of anilines is 2. The van der Waals surface area contributed by atoms with Crippen molar-refractivity contribution in [2.24, 2.45) is 10.2 Å². The number of nitrogens with one attached hydrogen (secondary N) is 6. The summed E-state index contributed by atoms with van der Waals surface area (Å²) in [6, 6.07) is 13.8. The minimum atomic E-state index is -1.45. The van der Waals surface area contributed by atoms with Crippen LogP contribution in [0.15, 0.2) is 75.7 Å². The van der Waals surface area contributed by atoms with Gasteiger partial charge in [0.2, 0.25) is 6.04 Å². The molecule has 1 aromatic heterocycles. The first-order valence-electron chi connectivity index (χ1n) is 19.3. The van der Waals surface area contributed by atoms with Gasteiger partial charge in [-0.3, -0.25) is 33.8 Å². The van der Waals surface area contributed by atoms with Crippen molar-refractivity contribution in [3.05, 3.63) is 87.8 Å². The summed E-state index contributed by atoms with van der Waals surface area (Å²) < 4.78 is 10.8. The Hall–Kier alpha value is -6.08. The maximum absolute atomic E-state index is 13.4. The number of H-pyrrole nitrogens is 2. The maximum atomic E-state index is 13.4. The van der Waals surface area contributed by atoms with Gasteiger partial charge in [0.05, 0.1) is 43.1 Å². The highest BCUT2D eigenvalue weighted by Crippen LogP contribution is 2.20. The summed E-state index contributed by atoms with van der Waals surface area (Å²) in [5, 5.41) is 19.3. The first-order chi connectivity index (χ1) is 28.1. The van der Waals surface area contributed by atoms with E-state index in [0.717, 1.165) is 52.1 Å². The molecular weight excluding hydrogens is 749 g/mol. The van der Waals surface area contributed by atoms with E-state index in [0.29, 0.717) is 56.2 Å². The van der Waals surface area contributed by atoms with Crippen molar-refractivity contribution in [2.75, 3.05) is 89.4 Å². The molecular formula is C40H48N10O8. The van der Waals surface area contributed by atoms with Crippen LogP contribution in [0.4, 0.5) is 17.1 Å². The summed E-state index contributed by atoms with van der Waals surface area (Å²) in [6.07, 6.45) is 1.48. The van der Waals surface area contributed by atoms with E-state index < -0.39 is 29.3 Å². The smallest absolute Gasteiger partial charge is 0.323 e. The zero-order chi connectivity index (χ0) is 40.9. The third kappa shape index (κ3) is 12.0. The molecule has 6 N–H and O–H groups in total. The van der Waals surface area contributed by atoms with Gasteiger partial charge in [-0.05, 0) is 93.5 Å². The van der Waals surface area contributed by atoms with Crippen LogP contribution in [0.2, 0.25) is 0 Å². The summed E-state index contributed by atoms with van der Waals surface area (Å²) in [5.41, 5.74) is 2.22. The average molecular weight is 797 g/mol. The molecule has 18 nitrogen and oxygen atoms in total. The van der Waals surface area contributed by atoms with E-state index in [9.17, 15) is 28.8 Å². The first-order valence-corrected chi connectivity index (χ1v) is 19.3. The molecule has 2 aliphatic rings. The largest absolute Gasteiger partial charge is 0.379 e. The number of hydrogen-bond donors (Lipinski definition) is 6. The molecule has 58 heavy (non-hydrogen) atoms. The Labute approximate surface area is 334 Å². The van der Waals surface area contributed by atoms with Gasteiger partial charge >= 0.3 is 5.69 Å². The molecule has 3 heterocycles. The first kappa shape index (κ1) is 41.6. The number of rotatable bonds is 17. The van der Waals surface area contributed by atoms with Crippen LogP contribution in [-0.4, -0.2) is 134 Å². The SMILES string of the molecule is CC(=O)C(N=Nc1ccc(C(=O)Nc2cc(C(=O)NCCCN3CCOCC3)cc(C(=O)NCCCN3CCOCC3)c2)cc1)C(=O)Nc1ccc2[nH]c(=O)[nH]c2c1. The van der Waals surface area contributed by atoms with Crippen molar-refractivity contribution < 1.29 is 33.4 Å². The third-order valence-electron chi connectivity index (χ3n) is 9.63. The normalized spacial score (nSPS) is 15.5. The lowest BCUT2D eigenvalue weighted by Crippen LogP contribution is -2.38. The molecule has 0 bridgehead atoms. The second-order valence-electron chi connectivity index (χ2n) is 14.0. The summed E-state index contributed by atoms with van der Waals surface area (Å²) in [7, 11) is 0. The fourth-order valence-electron chi connectivity index (χ4n) is 6.47. The Morgan fingerprint density at radius 3 is 1.81 bits per heavy atom. The van der Waals surface area contributed by atoms with E-state index in [2.05, 4.69) is 51.3 Å². The van der Waals surface area contributed by atoms with Crippen LogP contribution in [0, 0.1) is 0 Å². The molecule has 6 rings (SSSR count). The number of fused-ring (bicyclic) bond motifs is 1. The van der Waals surface area contributed by atoms with Crippen molar-refractivity contribution in [3.63, 3.8) is 0 Å². The molecule has 3 aromatic carbocycles. The number of morpholine rings is 2. The number of benzene rings is 3. The number of nitrogens with zero attached hydrogens (tertiary/aromatic N) is 4. The van der Waals surface area contributed by atoms with Crippen LogP contribution in [0.3, 0.4) is 0 Å². The molecule has 4 aromatic rings. The Morgan fingerprint density at radius 2 is 1.24 bits per heavy atom. The van der Waals surface area contributed by atoms with E-state index in [1.807, 2.05) is 0 Å². The van der Waals surface area contributed by atoms with Crippen LogP contribution in [0.25, 0.3) is 11.0 Å². The molecule has 306 valence electrons. The molecule has 2 saturated heterocycles. The van der Waals surface area contributed by atoms with E-state index in [1.165, 1.54) is 49.4 Å². The summed E-state index contributed by atoms with van der Waals surface area (Å²) in [4.78, 5) is 86.6. The van der Waals surface area contributed by atoms with Gasteiger partial charge in [-0.25, -0.2) is 4.79 Å². The van der Waals surface area contributed by atoms with Gasteiger partial charge in [-0.1, -0.05) is 0 Å². The lowest BCUT2D eigenvalue weighted by molar-refractivity contribution is -0.126. The lowest BCUT2D eigenvalue weighted by Gasteiger charge is -2.26. The van der Waals surface area contributed by atoms with Gasteiger partial charge in [-0.15, -0.1) is 0 Å². The predicted octanol–water partition coefficient (Wildman–Crippen LogP) is 2.69. The Kier molecular flexibility index (Phi) is 14.6. The number of ether oxygens (including phenoxy) is 2. The highest BCUT2D eigenvalue weighted by molar-refractivity contribution is 6.10. The number of ketones is 1. The van der Waals surface area contributed by atoms with Crippen molar-refractivity contribution >= 4 is 57.5 Å². The summed E-state index contributed by atoms with van der Waals surface area (Å²) in [5.74, 6) is -2.51. The molecule has 0 aliphatic carbocycles. The zero-order valence-corrected chi connectivity index (χ0v) is 32.3. The summed E-state index contributed by atoms with van der Waals surface area (Å²) in [6.45, 7) is 9.92. The molecule has 2 aliphatic heterocycles. The highest BCUT2D eigenvalue weighted by Gasteiger charge is 2.24. The Bertz CT molecular complexity index is 2120. The molecule has 4 amide bonds. The number of Topliss-reactive ketones (excluding diaryl/α,β-unsaturated/α-hetero) is 1. The number of hydrogen-bond acceptors (Lipinski definition) is 12. The third-order valence-corrected chi connectivity index (χ3v) is 9.63. The van der Waals surface area contributed by atoms with Gasteiger partial charge in [-0.2, -0.15) is 10.2 Å². The number of aromatic amines is 2. The predicted molar refractivity (Wildman–Crippen MR) is 216 cm³/mol. The van der Waals surface area contributed by atoms with Crippen molar-refractivity contribution in [1.29, 1.82) is 0 Å². The number of azo groups is 1. The monoisotopic (exact) mass is 796 g/mol. The van der Waals surface area contributed by atoms with Crippen LogP contribution in [-0.2, 0) is 19.1 Å². The highest BCUT2D eigenvalue weighted by atomic mass is 16.5. The van der Waals surface area contributed by atoms with Gasteiger partial charge < -0.3 is 40.7 Å². The van der Waals surface area contributed by atoms with Crippen LogP contribution < -0.4 is 27.0 Å². The Balaban J connectivity index is 1.08. The van der Waals surface area contributed by atoms with Crippen molar-refractivity contribution in [2.45, 2.75) is 25.8 Å². The van der Waals surface area contributed by atoms with Gasteiger partial charge in [0.25, 0.3) is 23.6 Å². The minimum Gasteiger partial charge on any atom is -0.379 e. The number of aromatic nitrogens is 2. The standard InChI is InChI=1S/C40H48N10O8/c1-26(51)35(39(55)43-31-8-9-33-34(25-31)46-40(56)45-33)48-47-30-6-4-27(5-7-30)38(54)44-32-23-28(36(52)41-10-2-12-49-14-18-57-19-15-49)22-29(24-32)37(53)42-11-3-13-50-16-20-58-21-17-50/h4-9,22-25,35H,2-3,10-21H2,1H3,(H,41,52)(H,42,53)(H,43,55)(H,44,54)(H2,45,46,56). The number of carbonyl (C=O) groups excluding carboxylic acids is 5. The van der Waals surface area contributed by atoms with Gasteiger partial charge in [0.1, 0.15) is 0 Å². The molecule has 2 fully saturated rings. The van der Waals surface area contributed by atoms with Crippen molar-refractivity contribution in [3.8, 4) is 0 Å². The van der Waals surface area contributed by atoms with Gasteiger partial charge in [0.15, 0.2) is 5.78 Å². The van der Waals surface area contributed by atoms with E-state index in [1.54, 1.807) is 18.2 Å². The second-order valence-corrected chi connectivity index (χ2v) is 14.0. The number of carbonyl (C=O) groups is 5. The topological polar surface area (TPSA) is 232 Å². The second kappa shape index (κ2) is 20.4. The molecule has 18 heteroatoms. The average Bonchev–Trinajstić information content (AvgIpc) is 3.61. The van der Waals surface area contributed by atoms with E-state index in [4.69, 9.17) is 9.47 Å².